The van der Waals surface area contributed by atoms with Crippen LogP contribution in [0, 0.1) is 11.8 Å². The molecule has 1 aromatic rings. The van der Waals surface area contributed by atoms with E-state index in [-0.39, 0.29) is 0 Å². The van der Waals surface area contributed by atoms with Gasteiger partial charge in [-0.3, -0.25) is 9.48 Å². The van der Waals surface area contributed by atoms with Crippen molar-refractivity contribution in [1.29, 1.82) is 0 Å². The molecule has 0 amide bonds. The second-order valence-corrected chi connectivity index (χ2v) is 5.20. The Morgan fingerprint density at radius 3 is 3.00 bits per heavy atom. The molecular formula is C14H22N2O. The fourth-order valence-electron chi connectivity index (χ4n) is 2.82. The minimum absolute atomic E-state index is 0.295. The number of hydrogen-bond acceptors (Lipinski definition) is 2. The van der Waals surface area contributed by atoms with Gasteiger partial charge in [0, 0.05) is 31.3 Å². The molecule has 94 valence electrons. The molecule has 2 rings (SSSR count). The molecule has 0 aromatic carbocycles. The first-order valence-electron chi connectivity index (χ1n) is 6.70. The van der Waals surface area contributed by atoms with Crippen molar-refractivity contribution in [1.82, 2.24) is 9.78 Å². The summed E-state index contributed by atoms with van der Waals surface area (Å²) in [4.78, 5) is 11.9. The smallest absolute Gasteiger partial charge is 0.136 e. The summed E-state index contributed by atoms with van der Waals surface area (Å²) >= 11 is 0. The predicted octanol–water partition coefficient (Wildman–Crippen LogP) is 2.75. The minimum Gasteiger partial charge on any atom is -0.299 e. The maximum Gasteiger partial charge on any atom is 0.136 e. The highest BCUT2D eigenvalue weighted by Crippen LogP contribution is 2.31. The van der Waals surface area contributed by atoms with Gasteiger partial charge in [-0.1, -0.05) is 13.3 Å². The molecule has 1 saturated carbocycles. The quantitative estimate of drug-likeness (QED) is 0.803. The Hall–Kier alpha value is -1.12. The summed E-state index contributed by atoms with van der Waals surface area (Å²) in [5, 5.41) is 4.16. The number of Topliss-reactive ketones (excluding diaryl/α,β-unsaturated/α-hetero) is 1. The van der Waals surface area contributed by atoms with Gasteiger partial charge >= 0.3 is 0 Å². The number of hydrogen-bond donors (Lipinski definition) is 0. The van der Waals surface area contributed by atoms with Crippen LogP contribution in [0.2, 0.25) is 0 Å². The Morgan fingerprint density at radius 2 is 2.35 bits per heavy atom. The third-order valence-corrected chi connectivity index (χ3v) is 4.12. The fourth-order valence-corrected chi connectivity index (χ4v) is 2.82. The minimum atomic E-state index is 0.295. The van der Waals surface area contributed by atoms with Crippen molar-refractivity contribution in [3.63, 3.8) is 0 Å². The first-order chi connectivity index (χ1) is 8.20. The van der Waals surface area contributed by atoms with E-state index in [0.29, 0.717) is 11.7 Å². The number of carbonyl (C=O) groups is 1. The lowest BCUT2D eigenvalue weighted by atomic mass is 9.77. The first kappa shape index (κ1) is 12.3. The van der Waals surface area contributed by atoms with Gasteiger partial charge in [0.15, 0.2) is 0 Å². The van der Waals surface area contributed by atoms with Crippen LogP contribution in [0.5, 0.6) is 0 Å². The van der Waals surface area contributed by atoms with E-state index in [2.05, 4.69) is 12.0 Å². The summed E-state index contributed by atoms with van der Waals surface area (Å²) in [6, 6.07) is 2.05. The Bertz CT molecular complexity index is 383. The van der Waals surface area contributed by atoms with Gasteiger partial charge in [-0.05, 0) is 37.7 Å². The van der Waals surface area contributed by atoms with Crippen LogP contribution in [0.25, 0.3) is 0 Å². The third-order valence-electron chi connectivity index (χ3n) is 4.12. The summed E-state index contributed by atoms with van der Waals surface area (Å²) in [6.07, 6.45) is 8.03. The normalized spacial score (nSPS) is 25.2. The molecule has 2 atom stereocenters. The summed E-state index contributed by atoms with van der Waals surface area (Å²) in [6.45, 7) is 2.23. The summed E-state index contributed by atoms with van der Waals surface area (Å²) in [5.41, 5.74) is 1.23. The molecule has 1 aromatic heterocycles. The molecule has 3 nitrogen and oxygen atoms in total. The number of aryl methyl sites for hydroxylation is 2. The molecule has 0 radical (unpaired) electrons. The SMILES string of the molecule is CCC1CCC(=O)C(CCc2ccnn2C)C1. The van der Waals surface area contributed by atoms with Crippen LogP contribution in [-0.4, -0.2) is 15.6 Å². The molecule has 0 aliphatic heterocycles. The molecule has 1 heterocycles. The number of aromatic nitrogens is 2. The third kappa shape index (κ3) is 2.96. The van der Waals surface area contributed by atoms with Crippen molar-refractivity contribution >= 4 is 5.78 Å². The predicted molar refractivity (Wildman–Crippen MR) is 67.7 cm³/mol. The van der Waals surface area contributed by atoms with Gasteiger partial charge < -0.3 is 0 Å². The Morgan fingerprint density at radius 1 is 1.53 bits per heavy atom. The van der Waals surface area contributed by atoms with Crippen LogP contribution in [0.4, 0.5) is 0 Å². The van der Waals surface area contributed by atoms with Gasteiger partial charge in [0.25, 0.3) is 0 Å². The van der Waals surface area contributed by atoms with E-state index in [1.54, 1.807) is 0 Å². The molecule has 0 spiro atoms. The molecular weight excluding hydrogens is 212 g/mol. The lowest BCUT2D eigenvalue weighted by molar-refractivity contribution is -0.125. The van der Waals surface area contributed by atoms with E-state index in [1.165, 1.54) is 12.1 Å². The maximum atomic E-state index is 11.9. The van der Waals surface area contributed by atoms with Gasteiger partial charge in [-0.2, -0.15) is 5.10 Å². The fraction of sp³-hybridized carbons (Fsp3) is 0.714. The van der Waals surface area contributed by atoms with Crippen molar-refractivity contribution in [2.75, 3.05) is 0 Å². The molecule has 3 heteroatoms. The molecule has 0 bridgehead atoms. The lowest BCUT2D eigenvalue weighted by Crippen LogP contribution is -2.25. The Kier molecular flexibility index (Phi) is 3.97. The molecule has 17 heavy (non-hydrogen) atoms. The zero-order valence-electron chi connectivity index (χ0n) is 10.9. The maximum absolute atomic E-state index is 11.9. The van der Waals surface area contributed by atoms with E-state index in [0.717, 1.165) is 38.0 Å². The van der Waals surface area contributed by atoms with Crippen molar-refractivity contribution in [2.24, 2.45) is 18.9 Å². The lowest BCUT2D eigenvalue weighted by Gasteiger charge is -2.27. The summed E-state index contributed by atoms with van der Waals surface area (Å²) in [5.74, 6) is 1.55. The van der Waals surface area contributed by atoms with Gasteiger partial charge in [0.2, 0.25) is 0 Å². The van der Waals surface area contributed by atoms with Crippen molar-refractivity contribution in [3.05, 3.63) is 18.0 Å². The monoisotopic (exact) mass is 234 g/mol. The Balaban J connectivity index is 1.89. The molecule has 2 unspecified atom stereocenters. The summed E-state index contributed by atoms with van der Waals surface area (Å²) < 4.78 is 1.91. The summed E-state index contributed by atoms with van der Waals surface area (Å²) in [7, 11) is 1.97. The second-order valence-electron chi connectivity index (χ2n) is 5.20. The topological polar surface area (TPSA) is 34.9 Å². The van der Waals surface area contributed by atoms with Crippen LogP contribution in [0.3, 0.4) is 0 Å². The van der Waals surface area contributed by atoms with Crippen molar-refractivity contribution in [2.45, 2.75) is 45.4 Å². The van der Waals surface area contributed by atoms with E-state index in [9.17, 15) is 4.79 Å². The number of nitrogens with zero attached hydrogens (tertiary/aromatic N) is 2. The standard InChI is InChI=1S/C14H22N2O/c1-3-11-4-7-14(17)12(10-11)5-6-13-8-9-15-16(13)2/h8-9,11-12H,3-7,10H2,1-2H3. The van der Waals surface area contributed by atoms with E-state index < -0.39 is 0 Å². The highest BCUT2D eigenvalue weighted by Gasteiger charge is 2.27. The molecule has 1 aliphatic carbocycles. The first-order valence-corrected chi connectivity index (χ1v) is 6.70. The molecule has 1 fully saturated rings. The van der Waals surface area contributed by atoms with Crippen LogP contribution < -0.4 is 0 Å². The number of carbonyl (C=O) groups excluding carboxylic acids is 1. The van der Waals surface area contributed by atoms with Gasteiger partial charge in [0.1, 0.15) is 5.78 Å². The van der Waals surface area contributed by atoms with Crippen LogP contribution in [0.15, 0.2) is 12.3 Å². The Labute approximate surface area is 103 Å². The van der Waals surface area contributed by atoms with Crippen LogP contribution in [-0.2, 0) is 18.3 Å². The molecule has 0 N–H and O–H groups in total. The van der Waals surface area contributed by atoms with Crippen molar-refractivity contribution in [3.8, 4) is 0 Å². The highest BCUT2D eigenvalue weighted by molar-refractivity contribution is 5.81. The van der Waals surface area contributed by atoms with E-state index in [4.69, 9.17) is 0 Å². The van der Waals surface area contributed by atoms with E-state index in [1.807, 2.05) is 24.0 Å². The van der Waals surface area contributed by atoms with Gasteiger partial charge in [0.05, 0.1) is 0 Å². The van der Waals surface area contributed by atoms with Crippen LogP contribution in [0.1, 0.15) is 44.7 Å². The zero-order chi connectivity index (χ0) is 12.3. The average molecular weight is 234 g/mol. The van der Waals surface area contributed by atoms with E-state index >= 15 is 0 Å². The molecule has 0 saturated heterocycles. The highest BCUT2D eigenvalue weighted by atomic mass is 16.1. The van der Waals surface area contributed by atoms with Gasteiger partial charge in [-0.25, -0.2) is 0 Å². The van der Waals surface area contributed by atoms with Crippen molar-refractivity contribution < 1.29 is 4.79 Å². The largest absolute Gasteiger partial charge is 0.299 e. The number of ketones is 1. The van der Waals surface area contributed by atoms with Crippen LogP contribution >= 0.6 is 0 Å². The average Bonchev–Trinajstić information content (AvgIpc) is 2.74. The second kappa shape index (κ2) is 5.48. The van der Waals surface area contributed by atoms with Gasteiger partial charge in [-0.15, -0.1) is 0 Å². The molecule has 1 aliphatic rings. The number of rotatable bonds is 4. The zero-order valence-corrected chi connectivity index (χ0v) is 10.9.